The Bertz CT molecular complexity index is 401. The highest BCUT2D eigenvalue weighted by molar-refractivity contribution is 6.31. The van der Waals surface area contributed by atoms with E-state index in [1.54, 1.807) is 7.11 Å². The first-order valence-corrected chi connectivity index (χ1v) is 5.47. The molecule has 3 heteroatoms. The summed E-state index contributed by atoms with van der Waals surface area (Å²) >= 11 is 6.19. The third kappa shape index (κ3) is 1.52. The molecule has 0 spiro atoms. The van der Waals surface area contributed by atoms with E-state index in [2.05, 4.69) is 13.8 Å². The summed E-state index contributed by atoms with van der Waals surface area (Å²) < 4.78 is 5.38. The molecule has 0 saturated carbocycles. The molecule has 0 bridgehead atoms. The summed E-state index contributed by atoms with van der Waals surface area (Å²) in [5.74, 6) is 0.896. The smallest absolute Gasteiger partial charge is 0.123 e. The Morgan fingerprint density at radius 1 is 1.47 bits per heavy atom. The molecule has 0 amide bonds. The molecular formula is C12H16ClNO. The predicted octanol–water partition coefficient (Wildman–Crippen LogP) is 3.03. The van der Waals surface area contributed by atoms with Crippen LogP contribution in [-0.4, -0.2) is 7.11 Å². The minimum absolute atomic E-state index is 0.0256. The molecule has 0 aromatic heterocycles. The maximum atomic E-state index is 6.19. The van der Waals surface area contributed by atoms with E-state index in [9.17, 15) is 0 Å². The van der Waals surface area contributed by atoms with Gasteiger partial charge in [0, 0.05) is 16.6 Å². The van der Waals surface area contributed by atoms with Crippen LogP contribution in [0.25, 0.3) is 0 Å². The fourth-order valence-electron chi connectivity index (χ4n) is 2.56. The van der Waals surface area contributed by atoms with Gasteiger partial charge in [-0.1, -0.05) is 25.4 Å². The molecule has 1 aromatic carbocycles. The summed E-state index contributed by atoms with van der Waals surface area (Å²) in [7, 11) is 1.68. The highest BCUT2D eigenvalue weighted by Crippen LogP contribution is 2.50. The zero-order chi connectivity index (χ0) is 11.2. The first kappa shape index (κ1) is 10.8. The van der Waals surface area contributed by atoms with Crippen molar-refractivity contribution >= 4 is 11.6 Å². The van der Waals surface area contributed by atoms with Gasteiger partial charge in [-0.15, -0.1) is 0 Å². The van der Waals surface area contributed by atoms with Gasteiger partial charge in [-0.2, -0.15) is 0 Å². The summed E-state index contributed by atoms with van der Waals surface area (Å²) in [5.41, 5.74) is 8.38. The zero-order valence-corrected chi connectivity index (χ0v) is 10.1. The molecule has 0 aliphatic heterocycles. The Hall–Kier alpha value is -0.730. The first-order chi connectivity index (χ1) is 6.97. The molecule has 2 rings (SSSR count). The average molecular weight is 226 g/mol. The average Bonchev–Trinajstić information content (AvgIpc) is 2.39. The van der Waals surface area contributed by atoms with Crippen LogP contribution in [0.15, 0.2) is 12.1 Å². The second kappa shape index (κ2) is 3.39. The summed E-state index contributed by atoms with van der Waals surface area (Å²) in [5, 5.41) is 0.754. The Kier molecular flexibility index (Phi) is 2.44. The molecule has 2 nitrogen and oxygen atoms in total. The molecule has 0 unspecified atom stereocenters. The lowest BCUT2D eigenvalue weighted by Crippen LogP contribution is -2.15. The van der Waals surface area contributed by atoms with Gasteiger partial charge in [0.2, 0.25) is 0 Å². The van der Waals surface area contributed by atoms with Crippen molar-refractivity contribution in [3.05, 3.63) is 28.3 Å². The van der Waals surface area contributed by atoms with Crippen LogP contribution in [0.3, 0.4) is 0 Å². The number of hydrogen-bond donors (Lipinski definition) is 1. The van der Waals surface area contributed by atoms with Crippen molar-refractivity contribution in [3.8, 4) is 5.75 Å². The van der Waals surface area contributed by atoms with Gasteiger partial charge in [-0.05, 0) is 29.5 Å². The number of fused-ring (bicyclic) bond motifs is 1. The van der Waals surface area contributed by atoms with E-state index in [4.69, 9.17) is 22.1 Å². The van der Waals surface area contributed by atoms with E-state index in [1.807, 2.05) is 12.1 Å². The molecule has 0 fully saturated rings. The normalized spacial score (nSPS) is 22.6. The van der Waals surface area contributed by atoms with Crippen molar-refractivity contribution in [2.75, 3.05) is 7.11 Å². The lowest BCUT2D eigenvalue weighted by Gasteiger charge is -2.21. The van der Waals surface area contributed by atoms with E-state index in [1.165, 1.54) is 5.56 Å². The number of methoxy groups -OCH3 is 1. The minimum Gasteiger partial charge on any atom is -0.496 e. The van der Waals surface area contributed by atoms with Crippen LogP contribution in [0.4, 0.5) is 0 Å². The summed E-state index contributed by atoms with van der Waals surface area (Å²) in [4.78, 5) is 0. The monoisotopic (exact) mass is 225 g/mol. The maximum Gasteiger partial charge on any atom is 0.123 e. The summed E-state index contributed by atoms with van der Waals surface area (Å²) in [6.07, 6.45) is 0.919. The minimum atomic E-state index is 0.0256. The number of halogens is 1. The number of ether oxygens (including phenoxy) is 1. The van der Waals surface area contributed by atoms with Gasteiger partial charge in [-0.3, -0.25) is 0 Å². The van der Waals surface area contributed by atoms with E-state index in [0.29, 0.717) is 0 Å². The summed E-state index contributed by atoms with van der Waals surface area (Å²) in [6.45, 7) is 4.36. The van der Waals surface area contributed by atoms with E-state index >= 15 is 0 Å². The lowest BCUT2D eigenvalue weighted by atomic mass is 9.86. The van der Waals surface area contributed by atoms with E-state index in [-0.39, 0.29) is 11.5 Å². The molecule has 1 aliphatic rings. The third-order valence-electron chi connectivity index (χ3n) is 3.15. The van der Waals surface area contributed by atoms with Crippen molar-refractivity contribution in [1.29, 1.82) is 0 Å². The van der Waals surface area contributed by atoms with Crippen LogP contribution in [0, 0.1) is 0 Å². The molecular weight excluding hydrogens is 210 g/mol. The van der Waals surface area contributed by atoms with Crippen LogP contribution in [-0.2, 0) is 5.41 Å². The Morgan fingerprint density at radius 2 is 2.13 bits per heavy atom. The van der Waals surface area contributed by atoms with E-state index < -0.39 is 0 Å². The molecule has 15 heavy (non-hydrogen) atoms. The van der Waals surface area contributed by atoms with Crippen molar-refractivity contribution in [2.24, 2.45) is 5.73 Å². The van der Waals surface area contributed by atoms with Crippen molar-refractivity contribution < 1.29 is 4.74 Å². The zero-order valence-electron chi connectivity index (χ0n) is 9.30. The fraction of sp³-hybridized carbons (Fsp3) is 0.500. The number of rotatable bonds is 1. The second-order valence-corrected chi connectivity index (χ2v) is 5.14. The molecule has 0 radical (unpaired) electrons. The molecule has 82 valence electrons. The first-order valence-electron chi connectivity index (χ1n) is 5.10. The Balaban J connectivity index is 2.71. The van der Waals surface area contributed by atoms with Gasteiger partial charge in [0.05, 0.1) is 7.11 Å². The quantitative estimate of drug-likeness (QED) is 0.798. The van der Waals surface area contributed by atoms with Crippen molar-refractivity contribution in [2.45, 2.75) is 31.7 Å². The highest BCUT2D eigenvalue weighted by atomic mass is 35.5. The van der Waals surface area contributed by atoms with Gasteiger partial charge in [0.25, 0.3) is 0 Å². The lowest BCUT2D eigenvalue weighted by molar-refractivity contribution is 0.392. The third-order valence-corrected chi connectivity index (χ3v) is 3.48. The van der Waals surface area contributed by atoms with Gasteiger partial charge in [-0.25, -0.2) is 0 Å². The topological polar surface area (TPSA) is 35.2 Å². The number of hydrogen-bond acceptors (Lipinski definition) is 2. The number of benzene rings is 1. The molecule has 1 atom stereocenters. The second-order valence-electron chi connectivity index (χ2n) is 4.73. The van der Waals surface area contributed by atoms with Gasteiger partial charge >= 0.3 is 0 Å². The molecule has 0 saturated heterocycles. The largest absolute Gasteiger partial charge is 0.496 e. The van der Waals surface area contributed by atoms with Crippen LogP contribution >= 0.6 is 11.6 Å². The molecule has 2 N–H and O–H groups in total. The van der Waals surface area contributed by atoms with Gasteiger partial charge < -0.3 is 10.5 Å². The maximum absolute atomic E-state index is 6.19. The standard InChI is InChI=1S/C12H16ClNO/c1-12(2)6-8(14)10-7(13)4-5-9(15-3)11(10)12/h4-5,8H,6,14H2,1-3H3/t8-/m0/s1. The van der Waals surface area contributed by atoms with Gasteiger partial charge in [0.15, 0.2) is 0 Å². The molecule has 1 aromatic rings. The predicted molar refractivity (Wildman–Crippen MR) is 62.6 cm³/mol. The van der Waals surface area contributed by atoms with Crippen LogP contribution in [0.5, 0.6) is 5.75 Å². The van der Waals surface area contributed by atoms with Crippen molar-refractivity contribution in [1.82, 2.24) is 0 Å². The number of nitrogens with two attached hydrogens (primary N) is 1. The SMILES string of the molecule is COc1ccc(Cl)c2c1C(C)(C)C[C@@H]2N. The highest BCUT2D eigenvalue weighted by Gasteiger charge is 2.39. The molecule has 0 heterocycles. The molecule has 1 aliphatic carbocycles. The van der Waals surface area contributed by atoms with Crippen molar-refractivity contribution in [3.63, 3.8) is 0 Å². The summed E-state index contributed by atoms with van der Waals surface area (Å²) in [6, 6.07) is 3.80. The Labute approximate surface area is 95.4 Å². The van der Waals surface area contributed by atoms with Crippen LogP contribution in [0.2, 0.25) is 5.02 Å². The van der Waals surface area contributed by atoms with Gasteiger partial charge in [0.1, 0.15) is 5.75 Å². The van der Waals surface area contributed by atoms with Crippen LogP contribution < -0.4 is 10.5 Å². The van der Waals surface area contributed by atoms with Crippen LogP contribution in [0.1, 0.15) is 37.4 Å². The fourth-order valence-corrected chi connectivity index (χ4v) is 2.86. The van der Waals surface area contributed by atoms with E-state index in [0.717, 1.165) is 22.8 Å². The Morgan fingerprint density at radius 3 is 2.73 bits per heavy atom.